The van der Waals surface area contributed by atoms with E-state index in [0.717, 1.165) is 16.9 Å². The molecule has 4 aromatic carbocycles. The quantitative estimate of drug-likeness (QED) is 0.111. The van der Waals surface area contributed by atoms with Crippen LogP contribution in [0.3, 0.4) is 0 Å². The fourth-order valence-electron chi connectivity index (χ4n) is 5.42. The minimum absolute atomic E-state index is 0.0701. The van der Waals surface area contributed by atoms with Gasteiger partial charge in [0.25, 0.3) is 0 Å². The molecule has 0 spiro atoms. The van der Waals surface area contributed by atoms with Gasteiger partial charge in [-0.25, -0.2) is 14.5 Å². The van der Waals surface area contributed by atoms with Crippen LogP contribution < -0.4 is 14.9 Å². The number of nitrogens with one attached hydrogen (secondary N) is 1. The van der Waals surface area contributed by atoms with Crippen molar-refractivity contribution in [1.29, 1.82) is 0 Å². The van der Waals surface area contributed by atoms with Crippen LogP contribution in [0.15, 0.2) is 120 Å². The maximum atomic E-state index is 13.6. The van der Waals surface area contributed by atoms with Gasteiger partial charge in [0.15, 0.2) is 21.8 Å². The van der Waals surface area contributed by atoms with Crippen molar-refractivity contribution < 1.29 is 27.4 Å². The maximum Gasteiger partial charge on any atom is 0.573 e. The second kappa shape index (κ2) is 15.7. The summed E-state index contributed by atoms with van der Waals surface area (Å²) in [6.07, 6.45) is -3.33. The first-order valence-corrected chi connectivity index (χ1v) is 17.4. The van der Waals surface area contributed by atoms with E-state index in [0.29, 0.717) is 27.4 Å². The Labute approximate surface area is 307 Å². The number of thiazole rings is 1. The lowest BCUT2D eigenvalue weighted by Crippen LogP contribution is -2.34. The summed E-state index contributed by atoms with van der Waals surface area (Å²) in [6, 6.07) is 28.8. The number of aryl methyl sites for hydroxylation is 1. The smallest absolute Gasteiger partial charge is 0.459 e. The number of hydrogen-bond acceptors (Lipinski definition) is 7. The van der Waals surface area contributed by atoms with Gasteiger partial charge in [-0.3, -0.25) is 4.57 Å². The van der Waals surface area contributed by atoms with E-state index in [-0.39, 0.29) is 23.4 Å². The Kier molecular flexibility index (Phi) is 11.0. The molecule has 14 heteroatoms. The molecule has 1 N–H and O–H groups in total. The standard InChI is InChI=1S/C38H33F3N6O3S2/c1-24(2)31-11-7-8-12-32(31)47-25(3)22-52-37(47)44-36(51)43-33(35(48)49-21-26-9-5-4-6-10-26)27-13-15-28(16-14-27)34-42-23-46(45-34)29-17-19-30(20-18-29)50-38(39,40)41/h4-20,22-24,33H,21H2,1-3H3,(H,43,51). The van der Waals surface area contributed by atoms with Gasteiger partial charge >= 0.3 is 12.3 Å². The number of halogens is 3. The van der Waals surface area contributed by atoms with Crippen molar-refractivity contribution in [1.82, 2.24) is 24.6 Å². The average molecular weight is 743 g/mol. The number of nitrogens with zero attached hydrogens (tertiary/aromatic N) is 5. The van der Waals surface area contributed by atoms with E-state index in [1.165, 1.54) is 52.2 Å². The molecule has 6 rings (SSSR count). The second-order valence-corrected chi connectivity index (χ2v) is 13.2. The molecular formula is C38H33F3N6O3S2. The van der Waals surface area contributed by atoms with Crippen molar-refractivity contribution in [3.05, 3.63) is 142 Å². The molecule has 0 amide bonds. The normalized spacial score (nSPS) is 12.5. The molecule has 1 unspecified atom stereocenters. The summed E-state index contributed by atoms with van der Waals surface area (Å²) in [6.45, 7) is 6.36. The van der Waals surface area contributed by atoms with Crippen molar-refractivity contribution in [3.8, 4) is 28.5 Å². The van der Waals surface area contributed by atoms with E-state index >= 15 is 0 Å². The minimum Gasteiger partial charge on any atom is -0.459 e. The van der Waals surface area contributed by atoms with Crippen molar-refractivity contribution in [2.75, 3.05) is 0 Å². The van der Waals surface area contributed by atoms with Crippen LogP contribution in [-0.4, -0.2) is 36.8 Å². The van der Waals surface area contributed by atoms with Crippen LogP contribution in [0, 0.1) is 6.92 Å². The lowest BCUT2D eigenvalue weighted by molar-refractivity contribution is -0.274. The van der Waals surface area contributed by atoms with E-state index in [4.69, 9.17) is 21.9 Å². The molecule has 52 heavy (non-hydrogen) atoms. The predicted molar refractivity (Wildman–Crippen MR) is 196 cm³/mol. The topological polar surface area (TPSA) is 95.6 Å². The molecule has 0 saturated carbocycles. The van der Waals surface area contributed by atoms with Crippen molar-refractivity contribution in [2.24, 2.45) is 4.99 Å². The van der Waals surface area contributed by atoms with Crippen LogP contribution in [0.25, 0.3) is 22.8 Å². The highest BCUT2D eigenvalue weighted by atomic mass is 32.1. The molecule has 0 saturated heterocycles. The number of aromatic nitrogens is 4. The molecule has 1 atom stereocenters. The average Bonchev–Trinajstić information content (AvgIpc) is 3.76. The third-order valence-electron chi connectivity index (χ3n) is 7.93. The third-order valence-corrected chi connectivity index (χ3v) is 9.08. The number of para-hydroxylation sites is 1. The molecule has 0 aliphatic heterocycles. The van der Waals surface area contributed by atoms with Crippen molar-refractivity contribution in [3.63, 3.8) is 0 Å². The van der Waals surface area contributed by atoms with Gasteiger partial charge in [-0.05, 0) is 72.1 Å². The van der Waals surface area contributed by atoms with Crippen LogP contribution in [0.5, 0.6) is 5.75 Å². The number of carbonyl (C=O) groups is 1. The largest absolute Gasteiger partial charge is 0.573 e. The van der Waals surface area contributed by atoms with Gasteiger partial charge in [-0.2, -0.15) is 4.99 Å². The van der Waals surface area contributed by atoms with Gasteiger partial charge in [0.2, 0.25) is 0 Å². The van der Waals surface area contributed by atoms with E-state index in [9.17, 15) is 18.0 Å². The Bertz CT molecular complexity index is 2230. The minimum atomic E-state index is -4.78. The zero-order chi connectivity index (χ0) is 36.8. The zero-order valence-corrected chi connectivity index (χ0v) is 29.9. The number of carbonyl (C=O) groups excluding carboxylic acids is 1. The Balaban J connectivity index is 1.25. The van der Waals surface area contributed by atoms with E-state index in [2.05, 4.69) is 50.7 Å². The first-order chi connectivity index (χ1) is 24.9. The number of esters is 1. The Morgan fingerprint density at radius 2 is 1.65 bits per heavy atom. The van der Waals surface area contributed by atoms with Crippen LogP contribution in [-0.2, 0) is 16.1 Å². The van der Waals surface area contributed by atoms with Gasteiger partial charge < -0.3 is 14.8 Å². The van der Waals surface area contributed by atoms with Crippen LogP contribution in [0.4, 0.5) is 13.2 Å². The van der Waals surface area contributed by atoms with E-state index in [1.54, 1.807) is 24.3 Å². The molecule has 2 aromatic heterocycles. The SMILES string of the molecule is Cc1csc(=NC(=S)NC(C(=O)OCc2ccccc2)c2ccc(-c3ncn(-c4ccc(OC(F)(F)F)cc4)n3)cc2)n1-c1ccccc1C(C)C. The fourth-order valence-corrected chi connectivity index (χ4v) is 6.56. The lowest BCUT2D eigenvalue weighted by Gasteiger charge is -2.19. The summed E-state index contributed by atoms with van der Waals surface area (Å²) in [7, 11) is 0. The molecule has 0 radical (unpaired) electrons. The zero-order valence-electron chi connectivity index (χ0n) is 28.2. The number of ether oxygens (including phenoxy) is 2. The Hall–Kier alpha value is -5.60. The highest BCUT2D eigenvalue weighted by Gasteiger charge is 2.31. The number of thiocarbonyl (C=S) groups is 1. The van der Waals surface area contributed by atoms with Gasteiger partial charge in [-0.1, -0.05) is 86.6 Å². The number of benzene rings is 4. The van der Waals surface area contributed by atoms with Gasteiger partial charge in [0.1, 0.15) is 18.7 Å². The summed E-state index contributed by atoms with van der Waals surface area (Å²) in [4.78, 5) is 23.4. The first-order valence-electron chi connectivity index (χ1n) is 16.2. The highest BCUT2D eigenvalue weighted by molar-refractivity contribution is 7.80. The first kappa shape index (κ1) is 36.2. The highest BCUT2D eigenvalue weighted by Crippen LogP contribution is 2.26. The van der Waals surface area contributed by atoms with E-state index in [1.807, 2.05) is 54.8 Å². The molecule has 0 aliphatic rings. The number of alkyl halides is 3. The molecule has 0 aliphatic carbocycles. The lowest BCUT2D eigenvalue weighted by atomic mass is 10.0. The van der Waals surface area contributed by atoms with Crippen LogP contribution in [0.2, 0.25) is 0 Å². The second-order valence-electron chi connectivity index (χ2n) is 12.0. The fraction of sp³-hybridized carbons (Fsp3) is 0.184. The van der Waals surface area contributed by atoms with Crippen molar-refractivity contribution >= 4 is 34.6 Å². The summed E-state index contributed by atoms with van der Waals surface area (Å²) in [5, 5.41) is 9.70. The molecule has 0 fully saturated rings. The molecule has 9 nitrogen and oxygen atoms in total. The molecule has 266 valence electrons. The maximum absolute atomic E-state index is 13.6. The molecule has 6 aromatic rings. The van der Waals surface area contributed by atoms with Crippen LogP contribution in [0.1, 0.15) is 48.2 Å². The van der Waals surface area contributed by atoms with Gasteiger partial charge in [0.05, 0.1) is 11.4 Å². The summed E-state index contributed by atoms with van der Waals surface area (Å²) in [5.74, 6) is -0.242. The monoisotopic (exact) mass is 742 g/mol. The number of rotatable bonds is 10. The van der Waals surface area contributed by atoms with E-state index < -0.39 is 18.4 Å². The third kappa shape index (κ3) is 8.82. The summed E-state index contributed by atoms with van der Waals surface area (Å²) in [5.41, 5.74) is 5.71. The number of hydrogen-bond donors (Lipinski definition) is 1. The van der Waals surface area contributed by atoms with Gasteiger partial charge in [0, 0.05) is 16.6 Å². The van der Waals surface area contributed by atoms with Gasteiger partial charge in [-0.15, -0.1) is 29.6 Å². The van der Waals surface area contributed by atoms with Crippen LogP contribution >= 0.6 is 23.6 Å². The Morgan fingerprint density at radius 1 is 0.962 bits per heavy atom. The Morgan fingerprint density at radius 3 is 2.35 bits per heavy atom. The molecule has 2 heterocycles. The molecule has 0 bridgehead atoms. The summed E-state index contributed by atoms with van der Waals surface area (Å²) >= 11 is 7.17. The summed E-state index contributed by atoms with van der Waals surface area (Å²) < 4.78 is 50.8. The molecular weight excluding hydrogens is 710 g/mol. The van der Waals surface area contributed by atoms with Crippen molar-refractivity contribution in [2.45, 2.75) is 45.7 Å². The predicted octanol–water partition coefficient (Wildman–Crippen LogP) is 8.38.